The average molecular weight is 565 g/mol. The molecule has 1 aliphatic rings. The highest BCUT2D eigenvalue weighted by molar-refractivity contribution is 7.89. The molecular weight excluding hydrogens is 527 g/mol. The van der Waals surface area contributed by atoms with Crippen molar-refractivity contribution in [2.24, 2.45) is 5.92 Å². The van der Waals surface area contributed by atoms with Crippen LogP contribution in [0.2, 0.25) is 0 Å². The van der Waals surface area contributed by atoms with Crippen LogP contribution in [0.5, 0.6) is 5.75 Å². The van der Waals surface area contributed by atoms with Crippen molar-refractivity contribution in [2.45, 2.75) is 70.1 Å². The lowest BCUT2D eigenvalue weighted by molar-refractivity contribution is -0.119. The first-order chi connectivity index (χ1) is 18.1. The van der Waals surface area contributed by atoms with E-state index in [0.29, 0.717) is 5.56 Å². The van der Waals surface area contributed by atoms with Gasteiger partial charge < -0.3 is 19.7 Å². The highest BCUT2D eigenvalue weighted by atomic mass is 32.2. The molecule has 1 saturated heterocycles. The lowest BCUT2D eigenvalue weighted by Gasteiger charge is -2.44. The Kier molecular flexibility index (Phi) is 9.40. The number of aryl methyl sites for hydroxylation is 1. The number of Topliss-reactive ketones (excluding diaryl/α,β-unsaturated/α-hetero) is 1. The zero-order valence-electron chi connectivity index (χ0n) is 22.9. The Morgan fingerprint density at radius 2 is 1.85 bits per heavy atom. The number of benzene rings is 2. The van der Waals surface area contributed by atoms with Gasteiger partial charge in [-0.05, 0) is 82.3 Å². The number of rotatable bonds is 8. The first-order valence-electron chi connectivity index (χ1n) is 12.8. The van der Waals surface area contributed by atoms with E-state index in [2.05, 4.69) is 0 Å². The topological polar surface area (TPSA) is 124 Å². The van der Waals surface area contributed by atoms with Crippen molar-refractivity contribution in [1.29, 1.82) is 0 Å². The number of ether oxygens (including phenoxy) is 1. The Balaban J connectivity index is 1.98. The molecule has 0 spiro atoms. The molecule has 2 N–H and O–H groups in total. The summed E-state index contributed by atoms with van der Waals surface area (Å²) in [5, 5.41) is 21.5. The maximum Gasteiger partial charge on any atom is 0.410 e. The monoisotopic (exact) mass is 564 g/mol. The molecule has 3 atom stereocenters. The lowest BCUT2D eigenvalue weighted by atomic mass is 9.85. The molecule has 3 rings (SSSR count). The number of piperazine rings is 1. The largest absolute Gasteiger partial charge is 0.508 e. The standard InChI is InChI=1S/C28H37FN2O7S/c1-18-7-6-8-24(11-18)39(36,37)30-9-10-31(27(35)38-28(3,4)5)25(17-30)26(34)21(12-19(2)32)13-20-14-22(29)16-23(33)15-20/h6-8,11,14-16,21,25-26,33-34H,9-10,12-13,17H2,1-5H3/t21-,25+,26-/m0/s1. The smallest absolute Gasteiger partial charge is 0.410 e. The van der Waals surface area contributed by atoms with Gasteiger partial charge in [0, 0.05) is 32.1 Å². The van der Waals surface area contributed by atoms with Crippen LogP contribution in [0, 0.1) is 18.7 Å². The van der Waals surface area contributed by atoms with Gasteiger partial charge in [0.25, 0.3) is 0 Å². The number of phenols is 1. The molecule has 1 aliphatic heterocycles. The van der Waals surface area contributed by atoms with Crippen molar-refractivity contribution in [1.82, 2.24) is 9.21 Å². The Hall–Kier alpha value is -3.02. The van der Waals surface area contributed by atoms with E-state index in [0.717, 1.165) is 11.6 Å². The van der Waals surface area contributed by atoms with Crippen LogP contribution >= 0.6 is 0 Å². The Morgan fingerprint density at radius 1 is 1.15 bits per heavy atom. The van der Waals surface area contributed by atoms with Gasteiger partial charge in [-0.1, -0.05) is 12.1 Å². The number of aliphatic hydroxyl groups excluding tert-OH is 1. The average Bonchev–Trinajstić information content (AvgIpc) is 2.80. The number of sulfonamides is 1. The summed E-state index contributed by atoms with van der Waals surface area (Å²) in [6.07, 6.45) is -2.19. The fourth-order valence-corrected chi connectivity index (χ4v) is 6.37. The van der Waals surface area contributed by atoms with Gasteiger partial charge >= 0.3 is 6.09 Å². The molecule has 0 saturated carbocycles. The van der Waals surface area contributed by atoms with Gasteiger partial charge in [0.2, 0.25) is 10.0 Å². The molecular formula is C28H37FN2O7S. The van der Waals surface area contributed by atoms with Crippen LogP contribution in [0.25, 0.3) is 0 Å². The number of aromatic hydroxyl groups is 1. The molecule has 1 heterocycles. The molecule has 0 aromatic heterocycles. The second kappa shape index (κ2) is 12.0. The SMILES string of the molecule is CC(=O)C[C@@H](Cc1cc(O)cc(F)c1)[C@H](O)[C@H]1CN(S(=O)(=O)c2cccc(C)c2)CCN1C(=O)OC(C)(C)C. The third-order valence-corrected chi connectivity index (χ3v) is 8.36. The Bertz CT molecular complexity index is 1290. The minimum absolute atomic E-state index is 0.00928. The maximum atomic E-state index is 14.0. The van der Waals surface area contributed by atoms with Crippen molar-refractivity contribution in [3.63, 3.8) is 0 Å². The molecule has 2 aromatic rings. The van der Waals surface area contributed by atoms with Crippen molar-refractivity contribution in [3.8, 4) is 5.75 Å². The van der Waals surface area contributed by atoms with Gasteiger partial charge in [-0.25, -0.2) is 17.6 Å². The number of amides is 1. The predicted molar refractivity (Wildman–Crippen MR) is 143 cm³/mol. The second-order valence-electron chi connectivity index (χ2n) is 11.1. The van der Waals surface area contributed by atoms with Crippen molar-refractivity contribution in [2.75, 3.05) is 19.6 Å². The van der Waals surface area contributed by atoms with E-state index in [1.165, 1.54) is 34.3 Å². The highest BCUT2D eigenvalue weighted by Gasteiger charge is 2.43. The molecule has 11 heteroatoms. The second-order valence-corrected chi connectivity index (χ2v) is 13.0. The minimum atomic E-state index is -3.96. The van der Waals surface area contributed by atoms with Crippen molar-refractivity contribution >= 4 is 21.9 Å². The molecule has 2 aromatic carbocycles. The van der Waals surface area contributed by atoms with Crippen LogP contribution in [-0.2, 0) is 26.0 Å². The number of aliphatic hydroxyl groups is 1. The minimum Gasteiger partial charge on any atom is -0.508 e. The van der Waals surface area contributed by atoms with E-state index in [4.69, 9.17) is 4.74 Å². The summed E-state index contributed by atoms with van der Waals surface area (Å²) in [7, 11) is -3.96. The van der Waals surface area contributed by atoms with Crippen LogP contribution < -0.4 is 0 Å². The van der Waals surface area contributed by atoms with Crippen molar-refractivity contribution in [3.05, 3.63) is 59.4 Å². The molecule has 0 unspecified atom stereocenters. The van der Waals surface area contributed by atoms with E-state index in [-0.39, 0.29) is 48.9 Å². The highest BCUT2D eigenvalue weighted by Crippen LogP contribution is 2.29. The third-order valence-electron chi connectivity index (χ3n) is 6.50. The van der Waals surface area contributed by atoms with Crippen LogP contribution in [0.3, 0.4) is 0 Å². The number of halogens is 1. The number of nitrogens with zero attached hydrogens (tertiary/aromatic N) is 2. The van der Waals surface area contributed by atoms with E-state index < -0.39 is 45.6 Å². The fraction of sp³-hybridized carbons (Fsp3) is 0.500. The maximum absolute atomic E-state index is 14.0. The van der Waals surface area contributed by atoms with E-state index >= 15 is 0 Å². The summed E-state index contributed by atoms with van der Waals surface area (Å²) in [6, 6.07) is 8.88. The van der Waals surface area contributed by atoms with Crippen molar-refractivity contribution < 1.29 is 37.3 Å². The number of carbonyl (C=O) groups is 2. The summed E-state index contributed by atoms with van der Waals surface area (Å²) in [6.45, 7) is 7.92. The first-order valence-corrected chi connectivity index (χ1v) is 14.2. The van der Waals surface area contributed by atoms with Gasteiger partial charge in [0.05, 0.1) is 17.0 Å². The van der Waals surface area contributed by atoms with Gasteiger partial charge in [-0.15, -0.1) is 0 Å². The van der Waals surface area contributed by atoms with Gasteiger partial charge in [-0.3, -0.25) is 4.90 Å². The molecule has 0 radical (unpaired) electrons. The van der Waals surface area contributed by atoms with Gasteiger partial charge in [-0.2, -0.15) is 4.31 Å². The number of hydrogen-bond acceptors (Lipinski definition) is 7. The number of ketones is 1. The Morgan fingerprint density at radius 3 is 2.44 bits per heavy atom. The molecule has 0 aliphatic carbocycles. The predicted octanol–water partition coefficient (Wildman–Crippen LogP) is 3.65. The summed E-state index contributed by atoms with van der Waals surface area (Å²) in [5.41, 5.74) is 0.275. The van der Waals surface area contributed by atoms with E-state index in [9.17, 15) is 32.6 Å². The van der Waals surface area contributed by atoms with E-state index in [1.54, 1.807) is 45.9 Å². The van der Waals surface area contributed by atoms with Gasteiger partial charge in [0.15, 0.2) is 0 Å². The molecule has 39 heavy (non-hydrogen) atoms. The lowest BCUT2D eigenvalue weighted by Crippen LogP contribution is -2.62. The first kappa shape index (κ1) is 30.5. The van der Waals surface area contributed by atoms with Crippen LogP contribution in [-0.4, -0.2) is 77.1 Å². The quantitative estimate of drug-likeness (QED) is 0.502. The summed E-state index contributed by atoms with van der Waals surface area (Å²) < 4.78 is 47.8. The number of carbonyl (C=O) groups excluding carboxylic acids is 2. The molecule has 214 valence electrons. The molecule has 1 amide bonds. The van der Waals surface area contributed by atoms with Crippen LogP contribution in [0.1, 0.15) is 45.2 Å². The summed E-state index contributed by atoms with van der Waals surface area (Å²) in [5.74, 6) is -2.03. The molecule has 1 fully saturated rings. The number of phenolic OH excluding ortho intramolecular Hbond substituents is 1. The molecule has 0 bridgehead atoms. The summed E-state index contributed by atoms with van der Waals surface area (Å²) >= 11 is 0. The fourth-order valence-electron chi connectivity index (χ4n) is 4.82. The van der Waals surface area contributed by atoms with Crippen LogP contribution in [0.15, 0.2) is 47.4 Å². The number of hydrogen-bond donors (Lipinski definition) is 2. The third kappa shape index (κ3) is 8.00. The Labute approximate surface area is 229 Å². The van der Waals surface area contributed by atoms with Gasteiger partial charge in [0.1, 0.15) is 23.0 Å². The molecule has 9 nitrogen and oxygen atoms in total. The zero-order chi connectivity index (χ0) is 29.1. The van der Waals surface area contributed by atoms with E-state index in [1.807, 2.05) is 0 Å². The zero-order valence-corrected chi connectivity index (χ0v) is 23.7. The van der Waals surface area contributed by atoms with Crippen LogP contribution in [0.4, 0.5) is 9.18 Å². The summed E-state index contributed by atoms with van der Waals surface area (Å²) in [4.78, 5) is 26.7. The normalized spacial score (nSPS) is 18.4.